The van der Waals surface area contributed by atoms with Gasteiger partial charge in [0, 0.05) is 17.1 Å². The summed E-state index contributed by atoms with van der Waals surface area (Å²) in [6, 6.07) is 4.02. The molecule has 1 fully saturated rings. The zero-order valence-electron chi connectivity index (χ0n) is 10.0. The molecule has 2 N–H and O–H groups in total. The van der Waals surface area contributed by atoms with Gasteiger partial charge in [0.15, 0.2) is 0 Å². The molecule has 0 aliphatic carbocycles. The number of benzene rings is 1. The molecule has 0 bridgehead atoms. The number of carbonyl (C=O) groups is 1. The highest BCUT2D eigenvalue weighted by Gasteiger charge is 2.15. The molecule has 1 amide bonds. The Labute approximate surface area is 111 Å². The van der Waals surface area contributed by atoms with Crippen LogP contribution in [0.2, 0.25) is 5.02 Å². The quantitative estimate of drug-likeness (QED) is 0.883. The Bertz CT molecular complexity index is 413. The molecule has 1 aromatic carbocycles. The van der Waals surface area contributed by atoms with Gasteiger partial charge in [-0.15, -0.1) is 0 Å². The van der Waals surface area contributed by atoms with E-state index in [0.29, 0.717) is 18.0 Å². The van der Waals surface area contributed by atoms with Gasteiger partial charge in [-0.1, -0.05) is 11.6 Å². The maximum atomic E-state index is 13.1. The van der Waals surface area contributed by atoms with Crippen molar-refractivity contribution in [3.8, 4) is 0 Å². The number of amides is 1. The molecular weight excluding hydrogens is 255 g/mol. The van der Waals surface area contributed by atoms with E-state index in [-0.39, 0.29) is 10.9 Å². The minimum absolute atomic E-state index is 0.0939. The molecular formula is C13H16ClFN2O. The molecule has 1 aliphatic rings. The van der Waals surface area contributed by atoms with Crippen LogP contribution in [0.4, 0.5) is 10.1 Å². The maximum absolute atomic E-state index is 13.1. The highest BCUT2D eigenvalue weighted by atomic mass is 35.5. The Balaban J connectivity index is 1.82. The molecule has 1 saturated heterocycles. The molecule has 0 spiro atoms. The second-order valence-electron chi connectivity index (χ2n) is 4.60. The first-order chi connectivity index (χ1) is 8.63. The molecule has 0 aromatic heterocycles. The lowest BCUT2D eigenvalue weighted by Crippen LogP contribution is -2.15. The van der Waals surface area contributed by atoms with E-state index in [2.05, 4.69) is 10.6 Å². The van der Waals surface area contributed by atoms with Crippen molar-refractivity contribution in [2.24, 2.45) is 5.92 Å². The summed E-state index contributed by atoms with van der Waals surface area (Å²) in [7, 11) is 0. The second kappa shape index (κ2) is 6.16. The van der Waals surface area contributed by atoms with Gasteiger partial charge in [0.25, 0.3) is 0 Å². The van der Waals surface area contributed by atoms with Gasteiger partial charge in [-0.25, -0.2) is 4.39 Å². The number of nitrogens with one attached hydrogen (secondary N) is 2. The summed E-state index contributed by atoms with van der Waals surface area (Å²) < 4.78 is 13.1. The van der Waals surface area contributed by atoms with Crippen LogP contribution in [0.3, 0.4) is 0 Å². The monoisotopic (exact) mass is 270 g/mol. The van der Waals surface area contributed by atoms with Gasteiger partial charge in [0.2, 0.25) is 5.91 Å². The zero-order chi connectivity index (χ0) is 13.0. The first kappa shape index (κ1) is 13.3. The molecule has 5 heteroatoms. The molecule has 98 valence electrons. The van der Waals surface area contributed by atoms with Crippen LogP contribution in [-0.2, 0) is 4.79 Å². The van der Waals surface area contributed by atoms with Crippen LogP contribution in [0.15, 0.2) is 18.2 Å². The number of hydrogen-bond acceptors (Lipinski definition) is 2. The minimum Gasteiger partial charge on any atom is -0.326 e. The Hall–Kier alpha value is -1.13. The van der Waals surface area contributed by atoms with E-state index in [9.17, 15) is 9.18 Å². The molecule has 1 heterocycles. The first-order valence-electron chi connectivity index (χ1n) is 6.10. The smallest absolute Gasteiger partial charge is 0.224 e. The van der Waals surface area contributed by atoms with Crippen LogP contribution >= 0.6 is 11.6 Å². The molecule has 2 rings (SSSR count). The van der Waals surface area contributed by atoms with E-state index in [4.69, 9.17) is 11.6 Å². The molecule has 0 radical (unpaired) electrons. The minimum atomic E-state index is -0.446. The molecule has 0 saturated carbocycles. The number of carbonyl (C=O) groups excluding carboxylic acids is 1. The number of anilines is 1. The molecule has 18 heavy (non-hydrogen) atoms. The van der Waals surface area contributed by atoms with Crippen molar-refractivity contribution in [2.75, 3.05) is 18.4 Å². The van der Waals surface area contributed by atoms with Gasteiger partial charge >= 0.3 is 0 Å². The summed E-state index contributed by atoms with van der Waals surface area (Å²) in [6.07, 6.45) is 2.45. The van der Waals surface area contributed by atoms with Gasteiger partial charge < -0.3 is 10.6 Å². The van der Waals surface area contributed by atoms with E-state index in [0.717, 1.165) is 25.9 Å². The lowest BCUT2D eigenvalue weighted by atomic mass is 10.0. The van der Waals surface area contributed by atoms with Crippen LogP contribution < -0.4 is 10.6 Å². The van der Waals surface area contributed by atoms with E-state index in [1.165, 1.54) is 12.1 Å². The topological polar surface area (TPSA) is 41.1 Å². The Morgan fingerprint density at radius 1 is 1.50 bits per heavy atom. The fraction of sp³-hybridized carbons (Fsp3) is 0.462. The summed E-state index contributed by atoms with van der Waals surface area (Å²) in [4.78, 5) is 11.7. The van der Waals surface area contributed by atoms with Gasteiger partial charge in [-0.2, -0.15) is 0 Å². The van der Waals surface area contributed by atoms with Crippen LogP contribution in [-0.4, -0.2) is 19.0 Å². The molecule has 3 nitrogen and oxygen atoms in total. The summed E-state index contributed by atoms with van der Waals surface area (Å²) in [6.45, 7) is 2.02. The van der Waals surface area contributed by atoms with Gasteiger partial charge in [0.05, 0.1) is 0 Å². The van der Waals surface area contributed by atoms with E-state index >= 15 is 0 Å². The average Bonchev–Trinajstić information content (AvgIpc) is 2.77. The normalized spacial score (nSPS) is 18.9. The fourth-order valence-corrected chi connectivity index (χ4v) is 2.37. The van der Waals surface area contributed by atoms with Crippen molar-refractivity contribution >= 4 is 23.2 Å². The van der Waals surface area contributed by atoms with Gasteiger partial charge in [-0.3, -0.25) is 4.79 Å². The Kier molecular flexibility index (Phi) is 4.55. The van der Waals surface area contributed by atoms with Crippen molar-refractivity contribution in [1.82, 2.24) is 5.32 Å². The van der Waals surface area contributed by atoms with Crippen molar-refractivity contribution < 1.29 is 9.18 Å². The van der Waals surface area contributed by atoms with Gasteiger partial charge in [-0.05, 0) is 50.0 Å². The molecule has 1 unspecified atom stereocenters. The summed E-state index contributed by atoms with van der Waals surface area (Å²) in [5.74, 6) is 0.0354. The maximum Gasteiger partial charge on any atom is 0.224 e. The van der Waals surface area contributed by atoms with Crippen LogP contribution in [0, 0.1) is 11.7 Å². The molecule has 1 aromatic rings. The summed E-state index contributed by atoms with van der Waals surface area (Å²) >= 11 is 5.71. The van der Waals surface area contributed by atoms with Crippen molar-refractivity contribution in [1.29, 1.82) is 0 Å². The van der Waals surface area contributed by atoms with Crippen molar-refractivity contribution in [3.63, 3.8) is 0 Å². The van der Waals surface area contributed by atoms with E-state index < -0.39 is 5.82 Å². The number of hydrogen-bond donors (Lipinski definition) is 2. The highest BCUT2D eigenvalue weighted by molar-refractivity contribution is 6.30. The average molecular weight is 271 g/mol. The number of halogens is 2. The predicted molar refractivity (Wildman–Crippen MR) is 70.3 cm³/mol. The van der Waals surface area contributed by atoms with Crippen LogP contribution in [0.1, 0.15) is 19.3 Å². The fourth-order valence-electron chi connectivity index (χ4n) is 2.15. The third kappa shape index (κ3) is 3.96. The van der Waals surface area contributed by atoms with Crippen molar-refractivity contribution in [3.05, 3.63) is 29.0 Å². The van der Waals surface area contributed by atoms with E-state index in [1.54, 1.807) is 6.07 Å². The predicted octanol–water partition coefficient (Wildman–Crippen LogP) is 2.81. The zero-order valence-corrected chi connectivity index (χ0v) is 10.8. The Morgan fingerprint density at radius 2 is 2.33 bits per heavy atom. The van der Waals surface area contributed by atoms with E-state index in [1.807, 2.05) is 0 Å². The first-order valence-corrected chi connectivity index (χ1v) is 6.48. The summed E-state index contributed by atoms with van der Waals surface area (Å²) in [5, 5.41) is 6.21. The Morgan fingerprint density at radius 3 is 3.00 bits per heavy atom. The van der Waals surface area contributed by atoms with Crippen LogP contribution in [0.25, 0.3) is 0 Å². The molecule has 1 atom stereocenters. The largest absolute Gasteiger partial charge is 0.326 e. The standard InChI is InChI=1S/C13H16ClFN2O/c14-10-5-11(15)7-12(6-10)17-13(18)2-1-9-3-4-16-8-9/h5-7,9,16H,1-4,8H2,(H,17,18). The second-order valence-corrected chi connectivity index (χ2v) is 5.04. The van der Waals surface area contributed by atoms with Crippen LogP contribution in [0.5, 0.6) is 0 Å². The highest BCUT2D eigenvalue weighted by Crippen LogP contribution is 2.19. The SMILES string of the molecule is O=C(CCC1CCNC1)Nc1cc(F)cc(Cl)c1. The van der Waals surface area contributed by atoms with Crippen molar-refractivity contribution in [2.45, 2.75) is 19.3 Å². The molecule has 1 aliphatic heterocycles. The third-order valence-corrected chi connectivity index (χ3v) is 3.31. The lowest BCUT2D eigenvalue weighted by molar-refractivity contribution is -0.116. The number of rotatable bonds is 4. The van der Waals surface area contributed by atoms with Gasteiger partial charge in [0.1, 0.15) is 5.82 Å². The third-order valence-electron chi connectivity index (χ3n) is 3.09. The lowest BCUT2D eigenvalue weighted by Gasteiger charge is -2.09. The summed E-state index contributed by atoms with van der Waals surface area (Å²) in [5.41, 5.74) is 0.412.